The number of rotatable bonds is 5. The largest absolute Gasteiger partial charge is 0.496 e. The fourth-order valence-corrected chi connectivity index (χ4v) is 2.46. The van der Waals surface area contributed by atoms with Gasteiger partial charge >= 0.3 is 0 Å². The molecule has 2 aromatic carbocycles. The average Bonchev–Trinajstić information content (AvgIpc) is 2.47. The molecule has 2 rings (SSSR count). The van der Waals surface area contributed by atoms with Gasteiger partial charge in [-0.3, -0.25) is 0 Å². The van der Waals surface area contributed by atoms with Crippen LogP contribution in [0.25, 0.3) is 0 Å². The van der Waals surface area contributed by atoms with Crippen LogP contribution in [0.5, 0.6) is 5.75 Å². The number of hydrogen-bond acceptors (Lipinski definition) is 2. The van der Waals surface area contributed by atoms with E-state index in [-0.39, 0.29) is 11.9 Å². The molecule has 0 saturated carbocycles. The van der Waals surface area contributed by atoms with Crippen LogP contribution in [0.2, 0.25) is 5.02 Å². The molecule has 0 fully saturated rings. The summed E-state index contributed by atoms with van der Waals surface area (Å²) in [5, 5.41) is 3.86. The van der Waals surface area contributed by atoms with Gasteiger partial charge < -0.3 is 10.1 Å². The molecule has 0 spiro atoms. The van der Waals surface area contributed by atoms with Crippen molar-refractivity contribution in [3.05, 3.63) is 64.4 Å². The predicted octanol–water partition coefficient (Wildman–Crippen LogP) is 4.19. The SMILES string of the molecule is CCNC(c1cc(F)ccc1Cl)c1ccccc1OC. The highest BCUT2D eigenvalue weighted by Gasteiger charge is 2.20. The van der Waals surface area contributed by atoms with Gasteiger partial charge in [0.25, 0.3) is 0 Å². The third kappa shape index (κ3) is 3.11. The molecule has 0 aliphatic rings. The Morgan fingerprint density at radius 1 is 1.20 bits per heavy atom. The highest BCUT2D eigenvalue weighted by molar-refractivity contribution is 6.31. The van der Waals surface area contributed by atoms with Crippen LogP contribution in [0.15, 0.2) is 42.5 Å². The number of para-hydroxylation sites is 1. The van der Waals surface area contributed by atoms with Crippen molar-refractivity contribution in [3.63, 3.8) is 0 Å². The lowest BCUT2D eigenvalue weighted by Gasteiger charge is -2.22. The van der Waals surface area contributed by atoms with E-state index in [0.717, 1.165) is 17.9 Å². The number of methoxy groups -OCH3 is 1. The lowest BCUT2D eigenvalue weighted by molar-refractivity contribution is 0.404. The minimum absolute atomic E-state index is 0.209. The molecule has 0 amide bonds. The van der Waals surface area contributed by atoms with E-state index < -0.39 is 0 Å². The minimum atomic E-state index is -0.304. The standard InChI is InChI=1S/C16H17ClFNO/c1-3-19-16(12-6-4-5-7-15(12)20-2)13-10-11(18)8-9-14(13)17/h4-10,16,19H,3H2,1-2H3. The van der Waals surface area contributed by atoms with Gasteiger partial charge in [0.1, 0.15) is 11.6 Å². The zero-order valence-electron chi connectivity index (χ0n) is 11.5. The highest BCUT2D eigenvalue weighted by Crippen LogP contribution is 2.33. The second-order valence-electron chi connectivity index (χ2n) is 4.40. The molecule has 0 bridgehead atoms. The molecule has 0 aliphatic carbocycles. The second kappa shape index (κ2) is 6.73. The maximum atomic E-state index is 13.5. The first kappa shape index (κ1) is 14.8. The average molecular weight is 294 g/mol. The molecule has 0 heterocycles. The van der Waals surface area contributed by atoms with E-state index in [4.69, 9.17) is 16.3 Å². The Hall–Kier alpha value is -1.58. The molecule has 2 nitrogen and oxygen atoms in total. The molecule has 1 unspecified atom stereocenters. The summed E-state index contributed by atoms with van der Waals surface area (Å²) in [6.07, 6.45) is 0. The van der Waals surface area contributed by atoms with Gasteiger partial charge in [0.05, 0.1) is 13.2 Å². The Kier molecular flexibility index (Phi) is 4.99. The zero-order chi connectivity index (χ0) is 14.5. The van der Waals surface area contributed by atoms with Crippen molar-refractivity contribution in [3.8, 4) is 5.75 Å². The van der Waals surface area contributed by atoms with Crippen molar-refractivity contribution in [2.24, 2.45) is 0 Å². The van der Waals surface area contributed by atoms with Crippen molar-refractivity contribution < 1.29 is 9.13 Å². The van der Waals surface area contributed by atoms with E-state index in [2.05, 4.69) is 5.32 Å². The minimum Gasteiger partial charge on any atom is -0.496 e. The number of halogens is 2. The fraction of sp³-hybridized carbons (Fsp3) is 0.250. The van der Waals surface area contributed by atoms with Crippen LogP contribution < -0.4 is 10.1 Å². The lowest BCUT2D eigenvalue weighted by atomic mass is 9.97. The Morgan fingerprint density at radius 2 is 1.95 bits per heavy atom. The maximum absolute atomic E-state index is 13.5. The highest BCUT2D eigenvalue weighted by atomic mass is 35.5. The number of hydrogen-bond donors (Lipinski definition) is 1. The van der Waals surface area contributed by atoms with Gasteiger partial charge in [-0.1, -0.05) is 36.7 Å². The van der Waals surface area contributed by atoms with Crippen molar-refractivity contribution in [1.82, 2.24) is 5.32 Å². The van der Waals surface area contributed by atoms with Gasteiger partial charge in [0.15, 0.2) is 0 Å². The van der Waals surface area contributed by atoms with Crippen LogP contribution in [0.3, 0.4) is 0 Å². The van der Waals surface area contributed by atoms with Crippen LogP contribution in [0.4, 0.5) is 4.39 Å². The summed E-state index contributed by atoms with van der Waals surface area (Å²) in [7, 11) is 1.62. The van der Waals surface area contributed by atoms with Crippen LogP contribution in [-0.4, -0.2) is 13.7 Å². The fourth-order valence-electron chi connectivity index (χ4n) is 2.23. The molecule has 0 saturated heterocycles. The van der Waals surface area contributed by atoms with Crippen LogP contribution >= 0.6 is 11.6 Å². The third-order valence-electron chi connectivity index (χ3n) is 3.13. The summed E-state index contributed by atoms with van der Waals surface area (Å²) in [6.45, 7) is 2.73. The number of benzene rings is 2. The smallest absolute Gasteiger partial charge is 0.123 e. The molecule has 106 valence electrons. The van der Waals surface area contributed by atoms with E-state index in [1.165, 1.54) is 12.1 Å². The normalized spacial score (nSPS) is 12.2. The Balaban J connectivity index is 2.53. The first-order chi connectivity index (χ1) is 9.67. The first-order valence-electron chi connectivity index (χ1n) is 6.48. The van der Waals surface area contributed by atoms with Gasteiger partial charge in [0.2, 0.25) is 0 Å². The molecule has 20 heavy (non-hydrogen) atoms. The lowest BCUT2D eigenvalue weighted by Crippen LogP contribution is -2.23. The summed E-state index contributed by atoms with van der Waals surface area (Å²) < 4.78 is 18.9. The molecule has 0 radical (unpaired) electrons. The molecule has 4 heteroatoms. The molecular weight excluding hydrogens is 277 g/mol. The predicted molar refractivity (Wildman–Crippen MR) is 79.9 cm³/mol. The molecule has 1 N–H and O–H groups in total. The summed E-state index contributed by atoms with van der Waals surface area (Å²) >= 11 is 6.22. The molecule has 2 aromatic rings. The van der Waals surface area contributed by atoms with Crippen LogP contribution in [0.1, 0.15) is 24.1 Å². The monoisotopic (exact) mass is 293 g/mol. The Bertz CT molecular complexity index is 588. The topological polar surface area (TPSA) is 21.3 Å². The van der Waals surface area contributed by atoms with Gasteiger partial charge in [-0.15, -0.1) is 0 Å². The molecular formula is C16H17ClFNO. The van der Waals surface area contributed by atoms with Gasteiger partial charge in [0, 0.05) is 10.6 Å². The summed E-state index contributed by atoms with van der Waals surface area (Å²) in [6, 6.07) is 11.8. The quantitative estimate of drug-likeness (QED) is 0.892. The Morgan fingerprint density at radius 3 is 2.65 bits per heavy atom. The van der Waals surface area contributed by atoms with E-state index in [1.807, 2.05) is 31.2 Å². The van der Waals surface area contributed by atoms with E-state index >= 15 is 0 Å². The first-order valence-corrected chi connectivity index (χ1v) is 6.86. The van der Waals surface area contributed by atoms with E-state index in [9.17, 15) is 4.39 Å². The van der Waals surface area contributed by atoms with Crippen molar-refractivity contribution in [1.29, 1.82) is 0 Å². The number of nitrogens with one attached hydrogen (secondary N) is 1. The van der Waals surface area contributed by atoms with Crippen LogP contribution in [-0.2, 0) is 0 Å². The molecule has 0 aliphatic heterocycles. The van der Waals surface area contributed by atoms with E-state index in [0.29, 0.717) is 10.6 Å². The van der Waals surface area contributed by atoms with Crippen molar-refractivity contribution >= 4 is 11.6 Å². The molecule has 0 aromatic heterocycles. The van der Waals surface area contributed by atoms with Gasteiger partial charge in [-0.2, -0.15) is 0 Å². The third-order valence-corrected chi connectivity index (χ3v) is 3.47. The Labute approximate surface area is 123 Å². The molecule has 1 atom stereocenters. The van der Waals surface area contributed by atoms with Gasteiger partial charge in [-0.25, -0.2) is 4.39 Å². The maximum Gasteiger partial charge on any atom is 0.123 e. The van der Waals surface area contributed by atoms with Crippen LogP contribution in [0, 0.1) is 5.82 Å². The summed E-state index contributed by atoms with van der Waals surface area (Å²) in [5.74, 6) is 0.445. The van der Waals surface area contributed by atoms with Crippen molar-refractivity contribution in [2.75, 3.05) is 13.7 Å². The summed E-state index contributed by atoms with van der Waals surface area (Å²) in [4.78, 5) is 0. The van der Waals surface area contributed by atoms with Crippen molar-refractivity contribution in [2.45, 2.75) is 13.0 Å². The van der Waals surface area contributed by atoms with Gasteiger partial charge in [-0.05, 0) is 36.4 Å². The zero-order valence-corrected chi connectivity index (χ0v) is 12.2. The second-order valence-corrected chi connectivity index (χ2v) is 4.81. The number of ether oxygens (including phenoxy) is 1. The van der Waals surface area contributed by atoms with E-state index in [1.54, 1.807) is 13.2 Å². The summed E-state index contributed by atoms with van der Waals surface area (Å²) in [5.41, 5.74) is 1.64.